The summed E-state index contributed by atoms with van der Waals surface area (Å²) in [5.41, 5.74) is -0.183. The molecular formula is C21H17BrCl3N5O3. The molecule has 2 heterocycles. The number of rotatable bonds is 5. The Morgan fingerprint density at radius 2 is 1.82 bits per heavy atom. The lowest BCUT2D eigenvalue weighted by Gasteiger charge is -2.24. The quantitative estimate of drug-likeness (QED) is 0.446. The van der Waals surface area contributed by atoms with Crippen LogP contribution in [0.3, 0.4) is 0 Å². The molecule has 0 fully saturated rings. The first-order valence-electron chi connectivity index (χ1n) is 9.52. The Labute approximate surface area is 212 Å². The van der Waals surface area contributed by atoms with Crippen LogP contribution in [-0.4, -0.2) is 38.5 Å². The van der Waals surface area contributed by atoms with Crippen LogP contribution < -0.4 is 10.2 Å². The summed E-state index contributed by atoms with van der Waals surface area (Å²) in [5.74, 6) is -1.85. The number of pyridine rings is 1. The molecule has 0 saturated heterocycles. The SMILES string of the molecule is CC(=O)N(C(=O)c1cc(Br)nn1-c1ncccc1Cl)c1c(Cl)cc(Cl)cc1C(=O)NC(C)C. The maximum atomic E-state index is 13.7. The molecule has 0 radical (unpaired) electrons. The summed E-state index contributed by atoms with van der Waals surface area (Å²) >= 11 is 22.0. The lowest BCUT2D eigenvalue weighted by Crippen LogP contribution is -2.39. The van der Waals surface area contributed by atoms with Crippen LogP contribution in [0.2, 0.25) is 15.1 Å². The highest BCUT2D eigenvalue weighted by atomic mass is 79.9. The number of nitrogens with one attached hydrogen (secondary N) is 1. The third-order valence-corrected chi connectivity index (χ3v) is 5.46. The van der Waals surface area contributed by atoms with Gasteiger partial charge in [-0.25, -0.2) is 14.6 Å². The summed E-state index contributed by atoms with van der Waals surface area (Å²) in [5, 5.41) is 7.29. The number of nitrogens with zero attached hydrogens (tertiary/aromatic N) is 4. The zero-order chi connectivity index (χ0) is 24.4. The van der Waals surface area contributed by atoms with Gasteiger partial charge in [-0.2, -0.15) is 5.10 Å². The Bertz CT molecular complexity index is 1260. The molecule has 0 spiro atoms. The molecular weight excluding hydrogens is 557 g/mol. The molecule has 0 aliphatic heterocycles. The lowest BCUT2D eigenvalue weighted by atomic mass is 10.1. The molecule has 0 unspecified atom stereocenters. The van der Waals surface area contributed by atoms with Crippen molar-refractivity contribution in [3.63, 3.8) is 0 Å². The number of imide groups is 1. The van der Waals surface area contributed by atoms with E-state index in [1.165, 1.54) is 36.0 Å². The van der Waals surface area contributed by atoms with Gasteiger partial charge in [-0.1, -0.05) is 34.8 Å². The number of aromatic nitrogens is 3. The van der Waals surface area contributed by atoms with Gasteiger partial charge in [-0.3, -0.25) is 14.4 Å². The Balaban J connectivity index is 2.21. The standard InChI is InChI=1S/C21H17BrCl3N5O3/c1-10(2)27-20(32)13-7-12(23)8-15(25)18(13)29(11(3)31)21(33)16-9-17(22)28-30(16)19-14(24)5-4-6-26-19/h4-10H,1-3H3,(H,27,32). The normalized spacial score (nSPS) is 10.9. The van der Waals surface area contributed by atoms with Gasteiger partial charge in [0.15, 0.2) is 5.82 Å². The van der Waals surface area contributed by atoms with Crippen molar-refractivity contribution in [3.05, 3.63) is 67.5 Å². The minimum atomic E-state index is -0.801. The second kappa shape index (κ2) is 10.2. The number of carbonyl (C=O) groups is 3. The Morgan fingerprint density at radius 1 is 1.12 bits per heavy atom. The van der Waals surface area contributed by atoms with Gasteiger partial charge in [-0.15, -0.1) is 0 Å². The van der Waals surface area contributed by atoms with Crippen molar-refractivity contribution in [3.8, 4) is 5.82 Å². The van der Waals surface area contributed by atoms with Gasteiger partial charge in [0.05, 0.1) is 21.3 Å². The van der Waals surface area contributed by atoms with Gasteiger partial charge in [0.25, 0.3) is 11.8 Å². The maximum absolute atomic E-state index is 13.7. The second-order valence-corrected chi connectivity index (χ2v) is 9.21. The first-order valence-corrected chi connectivity index (χ1v) is 11.4. The molecule has 0 aliphatic rings. The number of anilines is 1. The van der Waals surface area contributed by atoms with Crippen LogP contribution >= 0.6 is 50.7 Å². The summed E-state index contributed by atoms with van der Waals surface area (Å²) in [6.07, 6.45) is 1.48. The van der Waals surface area contributed by atoms with Crippen molar-refractivity contribution in [2.75, 3.05) is 4.90 Å². The Morgan fingerprint density at radius 3 is 2.42 bits per heavy atom. The van der Waals surface area contributed by atoms with Crippen LogP contribution in [0.15, 0.2) is 41.1 Å². The van der Waals surface area contributed by atoms with Crippen LogP contribution in [0.5, 0.6) is 0 Å². The fourth-order valence-electron chi connectivity index (χ4n) is 3.02. The van der Waals surface area contributed by atoms with Crippen molar-refractivity contribution in [2.45, 2.75) is 26.8 Å². The molecule has 33 heavy (non-hydrogen) atoms. The van der Waals surface area contributed by atoms with Crippen molar-refractivity contribution < 1.29 is 14.4 Å². The van der Waals surface area contributed by atoms with Crippen LogP contribution in [0.1, 0.15) is 41.6 Å². The molecule has 0 atom stereocenters. The van der Waals surface area contributed by atoms with Crippen molar-refractivity contribution in [2.24, 2.45) is 0 Å². The van der Waals surface area contributed by atoms with Crippen LogP contribution in [0.4, 0.5) is 5.69 Å². The molecule has 0 saturated carbocycles. The van der Waals surface area contributed by atoms with Gasteiger partial charge < -0.3 is 5.32 Å². The van der Waals surface area contributed by atoms with E-state index in [1.54, 1.807) is 26.0 Å². The summed E-state index contributed by atoms with van der Waals surface area (Å²) < 4.78 is 1.50. The first kappa shape index (κ1) is 25.2. The monoisotopic (exact) mass is 571 g/mol. The number of hydrogen-bond acceptors (Lipinski definition) is 5. The molecule has 0 bridgehead atoms. The smallest absolute Gasteiger partial charge is 0.283 e. The minimum absolute atomic E-state index is 0.0363. The summed E-state index contributed by atoms with van der Waals surface area (Å²) in [6.45, 7) is 4.71. The number of amides is 3. The van der Waals surface area contributed by atoms with Gasteiger partial charge in [0.2, 0.25) is 5.91 Å². The average Bonchev–Trinajstić information content (AvgIpc) is 3.10. The van der Waals surface area contributed by atoms with Crippen molar-refractivity contribution in [1.82, 2.24) is 20.1 Å². The fourth-order valence-corrected chi connectivity index (χ4v) is 4.18. The second-order valence-electron chi connectivity index (χ2n) is 7.14. The Hall–Kier alpha value is -2.46. The summed E-state index contributed by atoms with van der Waals surface area (Å²) in [4.78, 5) is 44.2. The number of benzene rings is 1. The average molecular weight is 574 g/mol. The van der Waals surface area contributed by atoms with E-state index in [9.17, 15) is 14.4 Å². The maximum Gasteiger partial charge on any atom is 0.283 e. The van der Waals surface area contributed by atoms with Crippen LogP contribution in [0.25, 0.3) is 5.82 Å². The highest BCUT2D eigenvalue weighted by molar-refractivity contribution is 9.10. The molecule has 3 rings (SSSR count). The summed E-state index contributed by atoms with van der Waals surface area (Å²) in [6, 6.07) is 7.08. The van der Waals surface area contributed by atoms with E-state index in [2.05, 4.69) is 31.3 Å². The number of carbonyl (C=O) groups excluding carboxylic acids is 3. The van der Waals surface area contributed by atoms with E-state index >= 15 is 0 Å². The Kier molecular flexibility index (Phi) is 7.79. The zero-order valence-electron chi connectivity index (χ0n) is 17.6. The molecule has 172 valence electrons. The number of hydrogen-bond donors (Lipinski definition) is 1. The van der Waals surface area contributed by atoms with E-state index in [0.717, 1.165) is 4.90 Å². The van der Waals surface area contributed by atoms with Gasteiger partial charge in [0.1, 0.15) is 10.3 Å². The van der Waals surface area contributed by atoms with E-state index < -0.39 is 17.7 Å². The zero-order valence-corrected chi connectivity index (χ0v) is 21.4. The highest BCUT2D eigenvalue weighted by Crippen LogP contribution is 2.35. The van der Waals surface area contributed by atoms with E-state index in [0.29, 0.717) is 4.60 Å². The first-order chi connectivity index (χ1) is 15.5. The summed E-state index contributed by atoms with van der Waals surface area (Å²) in [7, 11) is 0. The van der Waals surface area contributed by atoms with E-state index in [4.69, 9.17) is 34.8 Å². The fraction of sp³-hybridized carbons (Fsp3) is 0.190. The molecule has 3 amide bonds. The molecule has 0 aliphatic carbocycles. The molecule has 8 nitrogen and oxygen atoms in total. The van der Waals surface area contributed by atoms with Crippen molar-refractivity contribution >= 4 is 74.1 Å². The molecule has 3 aromatic rings. The van der Waals surface area contributed by atoms with Crippen molar-refractivity contribution in [1.29, 1.82) is 0 Å². The van der Waals surface area contributed by atoms with E-state index in [1.807, 2.05) is 0 Å². The topological polar surface area (TPSA) is 97.2 Å². The molecule has 1 aromatic carbocycles. The number of halogens is 4. The third-order valence-electron chi connectivity index (χ3n) is 4.27. The minimum Gasteiger partial charge on any atom is -0.350 e. The predicted octanol–water partition coefficient (Wildman–Crippen LogP) is 5.32. The molecule has 12 heteroatoms. The predicted molar refractivity (Wildman–Crippen MR) is 131 cm³/mol. The highest BCUT2D eigenvalue weighted by Gasteiger charge is 2.32. The van der Waals surface area contributed by atoms with Crippen LogP contribution in [-0.2, 0) is 4.79 Å². The van der Waals surface area contributed by atoms with Gasteiger partial charge in [-0.05, 0) is 54.0 Å². The van der Waals surface area contributed by atoms with Crippen LogP contribution in [0, 0.1) is 0 Å². The van der Waals surface area contributed by atoms with Gasteiger partial charge in [0, 0.05) is 30.3 Å². The van der Waals surface area contributed by atoms with E-state index in [-0.39, 0.29) is 43.9 Å². The lowest BCUT2D eigenvalue weighted by molar-refractivity contribution is -0.115. The van der Waals surface area contributed by atoms with Gasteiger partial charge >= 0.3 is 0 Å². The molecule has 1 N–H and O–H groups in total. The largest absolute Gasteiger partial charge is 0.350 e. The third kappa shape index (κ3) is 5.38. The molecule has 2 aromatic heterocycles.